The third kappa shape index (κ3) is 10.1. The fraction of sp³-hybridized carbons (Fsp3) is 0.0843. The lowest BCUT2D eigenvalue weighted by atomic mass is 9.73. The lowest BCUT2D eigenvalue weighted by Gasteiger charge is -2.31. The lowest BCUT2D eigenvalue weighted by Crippen LogP contribution is -2.20. The monoisotopic (exact) mass is 1120 g/mol. The van der Waals surface area contributed by atoms with Crippen LogP contribution in [0.25, 0.3) is 132 Å². The Labute approximate surface area is 508 Å². The largest absolute Gasteiger partial charge is 0.490 e. The maximum atomic E-state index is 10.7. The van der Waals surface area contributed by atoms with Gasteiger partial charge in [-0.2, -0.15) is 0 Å². The van der Waals surface area contributed by atoms with Gasteiger partial charge in [0.1, 0.15) is 24.7 Å². The highest BCUT2D eigenvalue weighted by atomic mass is 16.5. The second kappa shape index (κ2) is 23.6. The van der Waals surface area contributed by atoms with Gasteiger partial charge in [0.25, 0.3) is 0 Å². The van der Waals surface area contributed by atoms with Crippen molar-refractivity contribution in [2.75, 3.05) is 26.4 Å². The van der Waals surface area contributed by atoms with Crippen molar-refractivity contribution < 1.29 is 19.7 Å². The lowest BCUT2D eigenvalue weighted by molar-refractivity contribution is 0.202. The van der Waals surface area contributed by atoms with Gasteiger partial charge in [-0.15, -0.1) is 0 Å². The number of hydrogen-bond donors (Lipinski definition) is 2. The maximum Gasteiger partial charge on any atom is 0.135 e. The molecule has 0 saturated heterocycles. The van der Waals surface area contributed by atoms with Gasteiger partial charge in [0, 0.05) is 27.7 Å². The molecule has 0 amide bonds. The summed E-state index contributed by atoms with van der Waals surface area (Å²) >= 11 is 0. The minimum absolute atomic E-state index is 0.0961. The number of benzene rings is 14. The molecule has 14 rings (SSSR count). The van der Waals surface area contributed by atoms with E-state index in [0.717, 1.165) is 143 Å². The molecule has 0 heterocycles. The molecule has 2 N–H and O–H groups in total. The van der Waals surface area contributed by atoms with E-state index in [1.807, 2.05) is 0 Å². The molecular weight excluding hydrogens is 1060 g/mol. The van der Waals surface area contributed by atoms with Gasteiger partial charge in [-0.3, -0.25) is 0 Å². The van der Waals surface area contributed by atoms with Gasteiger partial charge < -0.3 is 19.7 Å². The first-order valence-electron chi connectivity index (χ1n) is 30.0. The molecule has 4 heteroatoms. The van der Waals surface area contributed by atoms with Crippen molar-refractivity contribution in [3.63, 3.8) is 0 Å². The second-order valence-electron chi connectivity index (χ2n) is 22.9. The zero-order chi connectivity index (χ0) is 58.8. The van der Waals surface area contributed by atoms with E-state index < -0.39 is 5.41 Å². The Hall–Kier alpha value is -10.4. The minimum Gasteiger partial charge on any atom is -0.490 e. The highest BCUT2D eigenvalue weighted by Gasteiger charge is 2.32. The van der Waals surface area contributed by atoms with E-state index in [4.69, 9.17) is 9.47 Å². The van der Waals surface area contributed by atoms with Gasteiger partial charge in [-0.25, -0.2) is 0 Å². The molecule has 0 fully saturated rings. The summed E-state index contributed by atoms with van der Waals surface area (Å²) < 4.78 is 14.0. The van der Waals surface area contributed by atoms with Crippen LogP contribution >= 0.6 is 0 Å². The normalized spacial score (nSPS) is 11.6. The first-order chi connectivity index (χ1) is 42.9. The van der Waals surface area contributed by atoms with E-state index in [2.05, 4.69) is 305 Å². The quantitative estimate of drug-likeness (QED) is 0.101. The van der Waals surface area contributed by atoms with Crippen LogP contribution < -0.4 is 9.47 Å². The molecule has 0 aromatic heterocycles. The number of aliphatic hydroxyl groups is 2. The molecule has 0 aliphatic carbocycles. The second-order valence-corrected chi connectivity index (χ2v) is 22.9. The summed E-state index contributed by atoms with van der Waals surface area (Å²) in [4.78, 5) is 0. The molecule has 420 valence electrons. The Morgan fingerprint density at radius 2 is 0.437 bits per heavy atom. The van der Waals surface area contributed by atoms with Crippen LogP contribution in [0.1, 0.15) is 25.0 Å². The first-order valence-corrected chi connectivity index (χ1v) is 30.0. The van der Waals surface area contributed by atoms with Gasteiger partial charge in [0.2, 0.25) is 0 Å². The van der Waals surface area contributed by atoms with Crippen LogP contribution in [0.15, 0.2) is 291 Å². The predicted octanol–water partition coefficient (Wildman–Crippen LogP) is 20.7. The Bertz CT molecular complexity index is 4240. The standard InChI is InChI=1S/C83H64O4/c1-83(2,59-51-77(73-43-39-61(55-23-7-3-8-24-55)65-31-15-19-35-69(65)73)81(86-49-47-84)78(52-59)74-44-40-62(56-25-9-4-10-26-56)66-32-16-20-36-70(66)74)60-53-79(75-45-41-63(57-27-11-5-12-28-57)67-33-17-21-37-71(67)75)82(87-50-48-85)80(54-60)76-46-42-64(58-29-13-6-14-30-58)68-34-18-22-38-72(68)76/h3-46,51-54,84-85H,47-50H2,1-2H3. The maximum absolute atomic E-state index is 10.7. The van der Waals surface area contributed by atoms with Crippen molar-refractivity contribution in [3.05, 3.63) is 302 Å². The Morgan fingerprint density at radius 1 is 0.241 bits per heavy atom. The average Bonchev–Trinajstić information content (AvgIpc) is 2.35. The molecule has 0 atom stereocenters. The van der Waals surface area contributed by atoms with E-state index in [9.17, 15) is 10.2 Å². The van der Waals surface area contributed by atoms with Crippen LogP contribution in [-0.2, 0) is 5.41 Å². The smallest absolute Gasteiger partial charge is 0.135 e. The van der Waals surface area contributed by atoms with Crippen LogP contribution in [0.4, 0.5) is 0 Å². The number of fused-ring (bicyclic) bond motifs is 4. The summed E-state index contributed by atoms with van der Waals surface area (Å²) in [6, 6.07) is 104. The predicted molar refractivity (Wildman–Crippen MR) is 364 cm³/mol. The van der Waals surface area contributed by atoms with Crippen LogP contribution in [0.5, 0.6) is 11.5 Å². The summed E-state index contributed by atoms with van der Waals surface area (Å²) in [6.45, 7) is 4.54. The van der Waals surface area contributed by atoms with Crippen molar-refractivity contribution in [1.29, 1.82) is 0 Å². The molecule has 4 nitrogen and oxygen atoms in total. The number of hydrogen-bond acceptors (Lipinski definition) is 4. The molecule has 0 aliphatic heterocycles. The van der Waals surface area contributed by atoms with Crippen molar-refractivity contribution in [1.82, 2.24) is 0 Å². The molecule has 0 saturated carbocycles. The first kappa shape index (κ1) is 54.6. The molecule has 0 unspecified atom stereocenters. The summed E-state index contributed by atoms with van der Waals surface area (Å²) in [5, 5.41) is 30.3. The molecule has 0 spiro atoms. The van der Waals surface area contributed by atoms with E-state index in [1.165, 1.54) is 0 Å². The Morgan fingerprint density at radius 3 is 0.655 bits per heavy atom. The third-order valence-electron chi connectivity index (χ3n) is 17.5. The van der Waals surface area contributed by atoms with E-state index in [-0.39, 0.29) is 26.4 Å². The van der Waals surface area contributed by atoms with E-state index >= 15 is 0 Å². The van der Waals surface area contributed by atoms with Gasteiger partial charge in [0.15, 0.2) is 0 Å². The molecule has 0 bridgehead atoms. The van der Waals surface area contributed by atoms with Crippen LogP contribution in [0, 0.1) is 0 Å². The molecule has 14 aromatic rings. The summed E-state index contributed by atoms with van der Waals surface area (Å²) in [6.07, 6.45) is 0. The van der Waals surface area contributed by atoms with E-state index in [0.29, 0.717) is 11.5 Å². The number of aliphatic hydroxyl groups excluding tert-OH is 2. The zero-order valence-corrected chi connectivity index (χ0v) is 48.8. The Kier molecular flexibility index (Phi) is 14.8. The van der Waals surface area contributed by atoms with Gasteiger partial charge in [-0.05, 0) is 145 Å². The zero-order valence-electron chi connectivity index (χ0n) is 48.8. The summed E-state index contributed by atoms with van der Waals surface area (Å²) in [5.41, 5.74) is 18.3. The average molecular weight is 1130 g/mol. The molecular formula is C83H64O4. The summed E-state index contributed by atoms with van der Waals surface area (Å²) in [5.74, 6) is 1.39. The van der Waals surface area contributed by atoms with Crippen LogP contribution in [-0.4, -0.2) is 36.6 Å². The van der Waals surface area contributed by atoms with Gasteiger partial charge in [-0.1, -0.05) is 281 Å². The number of rotatable bonds is 16. The van der Waals surface area contributed by atoms with Crippen molar-refractivity contribution in [2.45, 2.75) is 19.3 Å². The van der Waals surface area contributed by atoms with Gasteiger partial charge >= 0.3 is 0 Å². The molecule has 14 aromatic carbocycles. The topological polar surface area (TPSA) is 58.9 Å². The van der Waals surface area contributed by atoms with Gasteiger partial charge in [0.05, 0.1) is 13.2 Å². The van der Waals surface area contributed by atoms with E-state index in [1.54, 1.807) is 0 Å². The molecule has 0 radical (unpaired) electrons. The SMILES string of the molecule is CC(C)(c1cc(-c2ccc(-c3ccccc3)c3ccccc23)c(OCCO)c(-c2ccc(-c3ccccc3)c3ccccc23)c1)c1cc(-c2ccc(-c3ccccc3)c3ccccc23)c(OCCO)c(-c2ccc(-c3ccccc3)c3ccccc23)c1. The molecule has 87 heavy (non-hydrogen) atoms. The summed E-state index contributed by atoms with van der Waals surface area (Å²) in [7, 11) is 0. The Balaban J connectivity index is 1.08. The van der Waals surface area contributed by atoms with Crippen molar-refractivity contribution in [2.24, 2.45) is 0 Å². The minimum atomic E-state index is -0.725. The fourth-order valence-electron chi connectivity index (χ4n) is 13.2. The highest BCUT2D eigenvalue weighted by molar-refractivity contribution is 6.12. The van der Waals surface area contributed by atoms with Crippen molar-refractivity contribution >= 4 is 43.1 Å². The highest BCUT2D eigenvalue weighted by Crippen LogP contribution is 2.53. The third-order valence-corrected chi connectivity index (χ3v) is 17.5. The number of ether oxygens (including phenoxy) is 2. The molecule has 0 aliphatic rings. The fourth-order valence-corrected chi connectivity index (χ4v) is 13.2. The van der Waals surface area contributed by atoms with Crippen LogP contribution in [0.2, 0.25) is 0 Å². The van der Waals surface area contributed by atoms with Crippen molar-refractivity contribution in [3.8, 4) is 101 Å². The van der Waals surface area contributed by atoms with Crippen LogP contribution in [0.3, 0.4) is 0 Å².